The van der Waals surface area contributed by atoms with Crippen LogP contribution in [-0.2, 0) is 0 Å². The van der Waals surface area contributed by atoms with E-state index in [1.54, 1.807) is 12.1 Å². The molecule has 4 heteroatoms. The highest BCUT2D eigenvalue weighted by Crippen LogP contribution is 2.22. The molecular formula is C15H18FN3. The first-order chi connectivity index (χ1) is 9.10. The Labute approximate surface area is 112 Å². The predicted octanol–water partition coefficient (Wildman–Crippen LogP) is 3.84. The van der Waals surface area contributed by atoms with Crippen molar-refractivity contribution in [2.75, 3.05) is 11.9 Å². The van der Waals surface area contributed by atoms with E-state index in [9.17, 15) is 4.39 Å². The number of hydrogen-bond donors (Lipinski definition) is 1. The topological polar surface area (TPSA) is 37.8 Å². The molecule has 0 unspecified atom stereocenters. The number of nitrogens with one attached hydrogen (secondary N) is 1. The molecular weight excluding hydrogens is 241 g/mol. The van der Waals surface area contributed by atoms with Crippen LogP contribution in [0.4, 0.5) is 10.2 Å². The van der Waals surface area contributed by atoms with Gasteiger partial charge >= 0.3 is 0 Å². The van der Waals surface area contributed by atoms with Gasteiger partial charge in [-0.2, -0.15) is 0 Å². The van der Waals surface area contributed by atoms with Crippen LogP contribution >= 0.6 is 0 Å². The van der Waals surface area contributed by atoms with Gasteiger partial charge in [0, 0.05) is 23.9 Å². The Morgan fingerprint density at radius 1 is 1.16 bits per heavy atom. The predicted molar refractivity (Wildman–Crippen MR) is 75.7 cm³/mol. The van der Waals surface area contributed by atoms with Crippen molar-refractivity contribution in [3.63, 3.8) is 0 Å². The first kappa shape index (κ1) is 13.5. The van der Waals surface area contributed by atoms with Crippen LogP contribution in [0.15, 0.2) is 30.3 Å². The van der Waals surface area contributed by atoms with Crippen molar-refractivity contribution in [3.8, 4) is 11.4 Å². The average molecular weight is 259 g/mol. The van der Waals surface area contributed by atoms with Crippen LogP contribution in [0.3, 0.4) is 0 Å². The van der Waals surface area contributed by atoms with Gasteiger partial charge in [0.1, 0.15) is 11.6 Å². The highest BCUT2D eigenvalue weighted by Gasteiger charge is 2.09. The fourth-order valence-electron chi connectivity index (χ4n) is 1.76. The maximum atomic E-state index is 13.0. The third kappa shape index (κ3) is 3.28. The fourth-order valence-corrected chi connectivity index (χ4v) is 1.76. The number of rotatable bonds is 4. The summed E-state index contributed by atoms with van der Waals surface area (Å²) < 4.78 is 13.0. The van der Waals surface area contributed by atoms with Crippen molar-refractivity contribution in [1.29, 1.82) is 0 Å². The molecule has 2 rings (SSSR count). The number of hydrogen-bond acceptors (Lipinski definition) is 3. The lowest BCUT2D eigenvalue weighted by molar-refractivity contribution is 0.628. The second-order valence-electron chi connectivity index (χ2n) is 4.69. The zero-order valence-electron chi connectivity index (χ0n) is 11.4. The van der Waals surface area contributed by atoms with E-state index < -0.39 is 0 Å². The van der Waals surface area contributed by atoms with E-state index in [0.29, 0.717) is 11.7 Å². The molecule has 0 atom stereocenters. The molecule has 1 heterocycles. The smallest absolute Gasteiger partial charge is 0.161 e. The molecule has 1 aromatic carbocycles. The van der Waals surface area contributed by atoms with Gasteiger partial charge in [0.25, 0.3) is 0 Å². The molecule has 100 valence electrons. The zero-order valence-corrected chi connectivity index (χ0v) is 11.4. The third-order valence-corrected chi connectivity index (χ3v) is 2.80. The first-order valence-corrected chi connectivity index (χ1v) is 6.49. The molecule has 0 fully saturated rings. The van der Waals surface area contributed by atoms with E-state index in [0.717, 1.165) is 23.6 Å². The Kier molecular flexibility index (Phi) is 4.10. The van der Waals surface area contributed by atoms with Crippen LogP contribution in [0.1, 0.15) is 32.4 Å². The molecule has 0 bridgehead atoms. The minimum absolute atomic E-state index is 0.254. The maximum Gasteiger partial charge on any atom is 0.161 e. The molecule has 0 radical (unpaired) electrons. The van der Waals surface area contributed by atoms with Crippen LogP contribution in [0, 0.1) is 5.82 Å². The molecule has 1 aromatic heterocycles. The van der Waals surface area contributed by atoms with Crippen molar-refractivity contribution in [2.45, 2.75) is 26.7 Å². The van der Waals surface area contributed by atoms with Gasteiger partial charge in [-0.3, -0.25) is 0 Å². The Bertz CT molecular complexity index is 550. The lowest BCUT2D eigenvalue weighted by Crippen LogP contribution is -2.05. The van der Waals surface area contributed by atoms with Gasteiger partial charge in [0.05, 0.1) is 0 Å². The van der Waals surface area contributed by atoms with E-state index in [4.69, 9.17) is 0 Å². The van der Waals surface area contributed by atoms with Crippen molar-refractivity contribution < 1.29 is 4.39 Å². The van der Waals surface area contributed by atoms with Crippen LogP contribution in [0.5, 0.6) is 0 Å². The number of anilines is 1. The van der Waals surface area contributed by atoms with Gasteiger partial charge in [-0.15, -0.1) is 0 Å². The van der Waals surface area contributed by atoms with Crippen molar-refractivity contribution in [1.82, 2.24) is 9.97 Å². The number of nitrogens with zero attached hydrogens (tertiary/aromatic N) is 2. The average Bonchev–Trinajstić information content (AvgIpc) is 2.39. The van der Waals surface area contributed by atoms with Crippen molar-refractivity contribution in [2.24, 2.45) is 0 Å². The quantitative estimate of drug-likeness (QED) is 0.906. The number of halogens is 1. The highest BCUT2D eigenvalue weighted by atomic mass is 19.1. The van der Waals surface area contributed by atoms with Crippen molar-refractivity contribution in [3.05, 3.63) is 41.8 Å². The highest BCUT2D eigenvalue weighted by molar-refractivity contribution is 5.57. The van der Waals surface area contributed by atoms with Crippen LogP contribution in [0.25, 0.3) is 11.4 Å². The van der Waals surface area contributed by atoms with Gasteiger partial charge in [-0.1, -0.05) is 13.8 Å². The van der Waals surface area contributed by atoms with E-state index >= 15 is 0 Å². The number of benzene rings is 1. The molecule has 0 amide bonds. The van der Waals surface area contributed by atoms with E-state index in [-0.39, 0.29) is 5.82 Å². The van der Waals surface area contributed by atoms with Gasteiger partial charge in [-0.05, 0) is 37.1 Å². The zero-order chi connectivity index (χ0) is 13.8. The molecule has 0 aliphatic rings. The molecule has 0 aliphatic heterocycles. The second kappa shape index (κ2) is 5.78. The minimum Gasteiger partial charge on any atom is -0.370 e. The Balaban J connectivity index is 2.46. The van der Waals surface area contributed by atoms with Crippen molar-refractivity contribution >= 4 is 5.82 Å². The lowest BCUT2D eigenvalue weighted by Gasteiger charge is -2.11. The molecule has 0 saturated carbocycles. The maximum absolute atomic E-state index is 13.0. The summed E-state index contributed by atoms with van der Waals surface area (Å²) in [7, 11) is 0. The second-order valence-corrected chi connectivity index (χ2v) is 4.69. The largest absolute Gasteiger partial charge is 0.370 e. The molecule has 0 saturated heterocycles. The van der Waals surface area contributed by atoms with Crippen LogP contribution in [-0.4, -0.2) is 16.5 Å². The fraction of sp³-hybridized carbons (Fsp3) is 0.333. The Morgan fingerprint density at radius 2 is 1.84 bits per heavy atom. The van der Waals surface area contributed by atoms with Crippen LogP contribution in [0.2, 0.25) is 0 Å². The van der Waals surface area contributed by atoms with Gasteiger partial charge in [-0.25, -0.2) is 14.4 Å². The summed E-state index contributed by atoms with van der Waals surface area (Å²) in [5, 5.41) is 3.20. The molecule has 3 nitrogen and oxygen atoms in total. The summed E-state index contributed by atoms with van der Waals surface area (Å²) in [5.41, 5.74) is 1.80. The normalized spacial score (nSPS) is 10.8. The first-order valence-electron chi connectivity index (χ1n) is 6.49. The standard InChI is InChI=1S/C15H18FN3/c1-4-17-14-9-13(10(2)3)18-15(19-14)11-5-7-12(16)8-6-11/h5-10H,4H2,1-3H3,(H,17,18,19). The molecule has 1 N–H and O–H groups in total. The Morgan fingerprint density at radius 3 is 2.42 bits per heavy atom. The SMILES string of the molecule is CCNc1cc(C(C)C)nc(-c2ccc(F)cc2)n1. The summed E-state index contributed by atoms with van der Waals surface area (Å²) >= 11 is 0. The molecule has 0 aliphatic carbocycles. The summed E-state index contributed by atoms with van der Waals surface area (Å²) in [6.45, 7) is 7.01. The lowest BCUT2D eigenvalue weighted by atomic mass is 10.1. The van der Waals surface area contributed by atoms with E-state index in [1.807, 2.05) is 13.0 Å². The molecule has 2 aromatic rings. The third-order valence-electron chi connectivity index (χ3n) is 2.80. The molecule has 19 heavy (non-hydrogen) atoms. The molecule has 0 spiro atoms. The van der Waals surface area contributed by atoms with Gasteiger partial charge in [0.15, 0.2) is 5.82 Å². The van der Waals surface area contributed by atoms with Crippen LogP contribution < -0.4 is 5.32 Å². The van der Waals surface area contributed by atoms with E-state index in [1.165, 1.54) is 12.1 Å². The monoisotopic (exact) mass is 259 g/mol. The minimum atomic E-state index is -0.254. The summed E-state index contributed by atoms with van der Waals surface area (Å²) in [6.07, 6.45) is 0. The summed E-state index contributed by atoms with van der Waals surface area (Å²) in [6, 6.07) is 8.21. The summed E-state index contributed by atoms with van der Waals surface area (Å²) in [4.78, 5) is 9.00. The summed E-state index contributed by atoms with van der Waals surface area (Å²) in [5.74, 6) is 1.50. The number of aromatic nitrogens is 2. The van der Waals surface area contributed by atoms with Gasteiger partial charge in [0.2, 0.25) is 0 Å². The van der Waals surface area contributed by atoms with Gasteiger partial charge < -0.3 is 5.32 Å². The van der Waals surface area contributed by atoms with E-state index in [2.05, 4.69) is 29.1 Å². The Hall–Kier alpha value is -1.97.